The molecule has 0 unspecified atom stereocenters. The Morgan fingerprint density at radius 3 is 3.00 bits per heavy atom. The van der Waals surface area contributed by atoms with Crippen LogP contribution in [0.1, 0.15) is 25.3 Å². The van der Waals surface area contributed by atoms with Gasteiger partial charge in [0, 0.05) is 23.6 Å². The van der Waals surface area contributed by atoms with Gasteiger partial charge in [0.2, 0.25) is 0 Å². The summed E-state index contributed by atoms with van der Waals surface area (Å²) < 4.78 is 10.3. The molecule has 0 radical (unpaired) electrons. The predicted octanol–water partition coefficient (Wildman–Crippen LogP) is 3.80. The molecule has 0 bridgehead atoms. The lowest BCUT2D eigenvalue weighted by atomic mass is 10.1. The number of unbranched alkanes of at least 4 members (excludes halogenated alkanes) is 1. The standard InChI is InChI=1S/C18H24N2O3/c1-3-4-5-6-11-23-18(21)19-10-9-14-13-20-17-8-7-15(22-2)12-16(14)17/h5-8,12-13,20H,3-4,9-11H2,1-2H3,(H,19,21)/b6-5+. The number of hydrogen-bond donors (Lipinski definition) is 2. The Hall–Kier alpha value is -2.43. The maximum atomic E-state index is 11.6. The number of carbonyl (C=O) groups excluding carboxylic acids is 1. The number of methoxy groups -OCH3 is 1. The molecule has 5 nitrogen and oxygen atoms in total. The van der Waals surface area contributed by atoms with E-state index in [-0.39, 0.29) is 6.09 Å². The fourth-order valence-electron chi connectivity index (χ4n) is 2.32. The van der Waals surface area contributed by atoms with Crippen molar-refractivity contribution in [3.63, 3.8) is 0 Å². The molecule has 0 atom stereocenters. The number of hydrogen-bond acceptors (Lipinski definition) is 3. The normalized spacial score (nSPS) is 11.0. The highest BCUT2D eigenvalue weighted by molar-refractivity contribution is 5.84. The molecule has 5 heteroatoms. The van der Waals surface area contributed by atoms with Crippen molar-refractivity contribution in [1.82, 2.24) is 10.3 Å². The van der Waals surface area contributed by atoms with Crippen LogP contribution in [0.25, 0.3) is 10.9 Å². The lowest BCUT2D eigenvalue weighted by Gasteiger charge is -2.05. The molecule has 0 fully saturated rings. The molecule has 0 aliphatic heterocycles. The van der Waals surface area contributed by atoms with Crippen LogP contribution < -0.4 is 10.1 Å². The van der Waals surface area contributed by atoms with Crippen molar-refractivity contribution in [1.29, 1.82) is 0 Å². The maximum absolute atomic E-state index is 11.6. The van der Waals surface area contributed by atoms with Gasteiger partial charge in [0.1, 0.15) is 12.4 Å². The van der Waals surface area contributed by atoms with E-state index in [0.717, 1.165) is 41.5 Å². The van der Waals surface area contributed by atoms with Crippen molar-refractivity contribution < 1.29 is 14.3 Å². The second-order valence-electron chi connectivity index (χ2n) is 5.26. The number of allylic oxidation sites excluding steroid dienone is 1. The first-order valence-electron chi connectivity index (χ1n) is 7.94. The van der Waals surface area contributed by atoms with Crippen molar-refractivity contribution >= 4 is 17.0 Å². The first-order chi connectivity index (χ1) is 11.2. The van der Waals surface area contributed by atoms with Gasteiger partial charge >= 0.3 is 6.09 Å². The number of nitrogens with one attached hydrogen (secondary N) is 2. The molecule has 23 heavy (non-hydrogen) atoms. The molecule has 2 rings (SSSR count). The van der Waals surface area contributed by atoms with E-state index in [4.69, 9.17) is 9.47 Å². The molecule has 1 aromatic heterocycles. The molecule has 2 N–H and O–H groups in total. The number of aromatic amines is 1. The van der Waals surface area contributed by atoms with E-state index in [2.05, 4.69) is 17.2 Å². The van der Waals surface area contributed by atoms with Gasteiger partial charge in [0.15, 0.2) is 0 Å². The minimum Gasteiger partial charge on any atom is -0.497 e. The highest BCUT2D eigenvalue weighted by atomic mass is 16.5. The zero-order valence-electron chi connectivity index (χ0n) is 13.7. The Morgan fingerprint density at radius 2 is 2.22 bits per heavy atom. The Morgan fingerprint density at radius 1 is 1.35 bits per heavy atom. The summed E-state index contributed by atoms with van der Waals surface area (Å²) >= 11 is 0. The molecule has 124 valence electrons. The summed E-state index contributed by atoms with van der Waals surface area (Å²) in [6.07, 6.45) is 8.30. The molecule has 0 saturated carbocycles. The number of alkyl carbamates (subject to hydrolysis) is 1. The van der Waals surface area contributed by atoms with E-state index < -0.39 is 0 Å². The quantitative estimate of drug-likeness (QED) is 0.728. The van der Waals surface area contributed by atoms with Gasteiger partial charge < -0.3 is 19.8 Å². The van der Waals surface area contributed by atoms with Crippen LogP contribution in [-0.4, -0.2) is 31.3 Å². The number of fused-ring (bicyclic) bond motifs is 1. The van der Waals surface area contributed by atoms with E-state index in [1.54, 1.807) is 7.11 Å². The third kappa shape index (κ3) is 5.06. The molecular weight excluding hydrogens is 292 g/mol. The van der Waals surface area contributed by atoms with E-state index in [1.165, 1.54) is 0 Å². The van der Waals surface area contributed by atoms with Gasteiger partial charge in [0.25, 0.3) is 0 Å². The number of carbonyl (C=O) groups is 1. The SMILES string of the molecule is CCC/C=C/COC(=O)NCCc1c[nH]c2ccc(OC)cc12. The van der Waals surface area contributed by atoms with Crippen LogP contribution in [0.4, 0.5) is 4.79 Å². The van der Waals surface area contributed by atoms with E-state index in [9.17, 15) is 4.79 Å². The van der Waals surface area contributed by atoms with Crippen LogP contribution in [-0.2, 0) is 11.2 Å². The molecule has 0 aliphatic rings. The minimum atomic E-state index is -0.386. The molecular formula is C18H24N2O3. The summed E-state index contributed by atoms with van der Waals surface area (Å²) in [4.78, 5) is 14.8. The van der Waals surface area contributed by atoms with E-state index >= 15 is 0 Å². The summed E-state index contributed by atoms with van der Waals surface area (Å²) in [5, 5.41) is 3.88. The van der Waals surface area contributed by atoms with Gasteiger partial charge in [-0.15, -0.1) is 0 Å². The fourth-order valence-corrected chi connectivity index (χ4v) is 2.32. The number of benzene rings is 1. The summed E-state index contributed by atoms with van der Waals surface area (Å²) in [5.74, 6) is 0.824. The van der Waals surface area contributed by atoms with E-state index in [1.807, 2.05) is 36.5 Å². The van der Waals surface area contributed by atoms with Crippen molar-refractivity contribution in [3.05, 3.63) is 42.1 Å². The summed E-state index contributed by atoms with van der Waals surface area (Å²) in [6.45, 7) is 2.95. The number of ether oxygens (including phenoxy) is 2. The average molecular weight is 316 g/mol. The molecule has 0 spiro atoms. The van der Waals surface area contributed by atoms with Gasteiger partial charge in [-0.3, -0.25) is 0 Å². The topological polar surface area (TPSA) is 63.3 Å². The molecule has 1 aromatic carbocycles. The first kappa shape index (κ1) is 16.9. The smallest absolute Gasteiger partial charge is 0.407 e. The van der Waals surface area contributed by atoms with Crippen LogP contribution in [0.15, 0.2) is 36.5 Å². The second-order valence-corrected chi connectivity index (χ2v) is 5.26. The summed E-state index contributed by atoms with van der Waals surface area (Å²) in [5.41, 5.74) is 2.20. The van der Waals surface area contributed by atoms with Crippen LogP contribution in [0.2, 0.25) is 0 Å². The predicted molar refractivity (Wildman–Crippen MR) is 92.0 cm³/mol. The Bertz CT molecular complexity index is 661. The monoisotopic (exact) mass is 316 g/mol. The van der Waals surface area contributed by atoms with Crippen LogP contribution in [0.5, 0.6) is 5.75 Å². The Labute approximate surface area is 136 Å². The van der Waals surface area contributed by atoms with Crippen LogP contribution in [0, 0.1) is 0 Å². The largest absolute Gasteiger partial charge is 0.497 e. The van der Waals surface area contributed by atoms with Gasteiger partial charge in [-0.2, -0.15) is 0 Å². The third-order valence-corrected chi connectivity index (χ3v) is 3.57. The number of rotatable bonds is 8. The fraction of sp³-hybridized carbons (Fsp3) is 0.389. The highest BCUT2D eigenvalue weighted by Gasteiger charge is 2.06. The molecule has 0 aliphatic carbocycles. The molecule has 1 heterocycles. The zero-order chi connectivity index (χ0) is 16.5. The number of amides is 1. The van der Waals surface area contributed by atoms with Gasteiger partial charge in [0.05, 0.1) is 7.11 Å². The molecule has 1 amide bonds. The van der Waals surface area contributed by atoms with Crippen molar-refractivity contribution in [2.45, 2.75) is 26.2 Å². The third-order valence-electron chi connectivity index (χ3n) is 3.57. The van der Waals surface area contributed by atoms with E-state index in [0.29, 0.717) is 13.2 Å². The first-order valence-corrected chi connectivity index (χ1v) is 7.94. The van der Waals surface area contributed by atoms with Gasteiger partial charge in [-0.05, 0) is 36.6 Å². The lowest BCUT2D eigenvalue weighted by Crippen LogP contribution is -2.26. The average Bonchev–Trinajstić information content (AvgIpc) is 2.97. The van der Waals surface area contributed by atoms with Crippen molar-refractivity contribution in [2.75, 3.05) is 20.3 Å². The van der Waals surface area contributed by atoms with Crippen molar-refractivity contribution in [2.24, 2.45) is 0 Å². The maximum Gasteiger partial charge on any atom is 0.407 e. The molecule has 0 saturated heterocycles. The van der Waals surface area contributed by atoms with Crippen LogP contribution in [0.3, 0.4) is 0 Å². The summed E-state index contributed by atoms with van der Waals surface area (Å²) in [7, 11) is 1.65. The highest BCUT2D eigenvalue weighted by Crippen LogP contribution is 2.23. The van der Waals surface area contributed by atoms with Crippen molar-refractivity contribution in [3.8, 4) is 5.75 Å². The lowest BCUT2D eigenvalue weighted by molar-refractivity contribution is 0.158. The second kappa shape index (κ2) is 8.88. The minimum absolute atomic E-state index is 0.316. The number of H-pyrrole nitrogens is 1. The van der Waals surface area contributed by atoms with Gasteiger partial charge in [-0.25, -0.2) is 4.79 Å². The molecule has 2 aromatic rings. The summed E-state index contributed by atoms with van der Waals surface area (Å²) in [6, 6.07) is 5.91. The van der Waals surface area contributed by atoms with Gasteiger partial charge in [-0.1, -0.05) is 25.5 Å². The Kier molecular flexibility index (Phi) is 6.54. The number of aromatic nitrogens is 1. The zero-order valence-corrected chi connectivity index (χ0v) is 13.7. The van der Waals surface area contributed by atoms with Crippen LogP contribution >= 0.6 is 0 Å². The Balaban J connectivity index is 1.79.